The average Bonchev–Trinajstić information content (AvgIpc) is 2.70. The second-order valence-electron chi connectivity index (χ2n) is 6.35. The fourth-order valence-electron chi connectivity index (χ4n) is 2.53. The number of rotatable bonds is 6. The van der Waals surface area contributed by atoms with Crippen molar-refractivity contribution in [2.45, 2.75) is 13.8 Å². The van der Waals surface area contributed by atoms with Gasteiger partial charge in [0.05, 0.1) is 0 Å². The van der Waals surface area contributed by atoms with E-state index in [9.17, 15) is 9.59 Å². The molecule has 3 aromatic rings. The van der Waals surface area contributed by atoms with Crippen LogP contribution in [0.5, 0.6) is 5.75 Å². The van der Waals surface area contributed by atoms with E-state index in [1.165, 1.54) is 5.56 Å². The summed E-state index contributed by atoms with van der Waals surface area (Å²) >= 11 is 0. The lowest BCUT2D eigenvalue weighted by molar-refractivity contribution is -0.118. The zero-order chi connectivity index (χ0) is 19.9. The number of pyridine rings is 1. The smallest absolute Gasteiger partial charge is 0.262 e. The van der Waals surface area contributed by atoms with Crippen LogP contribution in [0.4, 0.5) is 11.4 Å². The fraction of sp³-hybridized carbons (Fsp3) is 0.136. The monoisotopic (exact) mass is 375 g/mol. The molecule has 0 unspecified atom stereocenters. The molecule has 0 bridgehead atoms. The number of nitrogens with zero attached hydrogens (tertiary/aromatic N) is 1. The number of nitrogens with one attached hydrogen (secondary N) is 2. The SMILES string of the molecule is Cc1ccc(OCC(=O)Nc2cccc(C(=O)Nc3ccncc3)c2)cc1C. The van der Waals surface area contributed by atoms with Gasteiger partial charge in [0.1, 0.15) is 5.75 Å². The molecule has 0 saturated carbocycles. The van der Waals surface area contributed by atoms with Crippen LogP contribution in [0.1, 0.15) is 21.5 Å². The van der Waals surface area contributed by atoms with Crippen LogP contribution in [0.25, 0.3) is 0 Å². The van der Waals surface area contributed by atoms with Gasteiger partial charge in [0, 0.05) is 29.3 Å². The molecule has 0 aliphatic heterocycles. The largest absolute Gasteiger partial charge is 0.484 e. The summed E-state index contributed by atoms with van der Waals surface area (Å²) in [5.74, 6) is 0.0716. The second-order valence-corrected chi connectivity index (χ2v) is 6.35. The minimum Gasteiger partial charge on any atom is -0.484 e. The Hall–Kier alpha value is -3.67. The van der Waals surface area contributed by atoms with E-state index in [0.717, 1.165) is 5.56 Å². The highest BCUT2D eigenvalue weighted by atomic mass is 16.5. The zero-order valence-electron chi connectivity index (χ0n) is 15.7. The van der Waals surface area contributed by atoms with Gasteiger partial charge in [-0.05, 0) is 67.4 Å². The number of amides is 2. The third kappa shape index (κ3) is 5.17. The van der Waals surface area contributed by atoms with Crippen LogP contribution < -0.4 is 15.4 Å². The Bertz CT molecular complexity index is 987. The number of carbonyl (C=O) groups is 2. The van der Waals surface area contributed by atoms with Gasteiger partial charge in [-0.15, -0.1) is 0 Å². The molecule has 1 aromatic heterocycles. The van der Waals surface area contributed by atoms with E-state index in [-0.39, 0.29) is 18.4 Å². The summed E-state index contributed by atoms with van der Waals surface area (Å²) in [6.45, 7) is 3.89. The Morgan fingerprint density at radius 1 is 0.893 bits per heavy atom. The van der Waals surface area contributed by atoms with Gasteiger partial charge < -0.3 is 15.4 Å². The van der Waals surface area contributed by atoms with Crippen molar-refractivity contribution in [3.05, 3.63) is 83.7 Å². The molecule has 3 rings (SSSR count). The van der Waals surface area contributed by atoms with E-state index in [1.807, 2.05) is 32.0 Å². The summed E-state index contributed by atoms with van der Waals surface area (Å²) < 4.78 is 5.54. The number of hydrogen-bond acceptors (Lipinski definition) is 4. The third-order valence-electron chi connectivity index (χ3n) is 4.20. The van der Waals surface area contributed by atoms with Crippen LogP contribution in [-0.4, -0.2) is 23.4 Å². The number of carbonyl (C=O) groups excluding carboxylic acids is 2. The van der Waals surface area contributed by atoms with Gasteiger partial charge in [0.15, 0.2) is 6.61 Å². The molecule has 2 amide bonds. The van der Waals surface area contributed by atoms with Crippen molar-refractivity contribution in [1.29, 1.82) is 0 Å². The third-order valence-corrected chi connectivity index (χ3v) is 4.20. The van der Waals surface area contributed by atoms with Gasteiger partial charge in [0.25, 0.3) is 11.8 Å². The Morgan fingerprint density at radius 3 is 2.43 bits per heavy atom. The van der Waals surface area contributed by atoms with E-state index < -0.39 is 0 Å². The quantitative estimate of drug-likeness (QED) is 0.683. The lowest BCUT2D eigenvalue weighted by Gasteiger charge is -2.10. The lowest BCUT2D eigenvalue weighted by atomic mass is 10.1. The van der Waals surface area contributed by atoms with Crippen LogP contribution in [-0.2, 0) is 4.79 Å². The van der Waals surface area contributed by atoms with E-state index in [4.69, 9.17) is 4.74 Å². The highest BCUT2D eigenvalue weighted by Gasteiger charge is 2.09. The first kappa shape index (κ1) is 19.1. The van der Waals surface area contributed by atoms with Crippen molar-refractivity contribution in [3.8, 4) is 5.75 Å². The topological polar surface area (TPSA) is 80.3 Å². The summed E-state index contributed by atoms with van der Waals surface area (Å²) in [6.07, 6.45) is 3.20. The minimum atomic E-state index is -0.301. The number of benzene rings is 2. The zero-order valence-corrected chi connectivity index (χ0v) is 15.7. The van der Waals surface area contributed by atoms with Crippen LogP contribution in [0.3, 0.4) is 0 Å². The van der Waals surface area contributed by atoms with E-state index in [0.29, 0.717) is 22.7 Å². The Morgan fingerprint density at radius 2 is 1.68 bits per heavy atom. The van der Waals surface area contributed by atoms with Gasteiger partial charge in [-0.1, -0.05) is 12.1 Å². The Balaban J connectivity index is 1.58. The van der Waals surface area contributed by atoms with Crippen LogP contribution in [0, 0.1) is 13.8 Å². The molecule has 0 atom stereocenters. The molecule has 1 heterocycles. The van der Waals surface area contributed by atoms with Gasteiger partial charge >= 0.3 is 0 Å². The van der Waals surface area contributed by atoms with Crippen molar-refractivity contribution >= 4 is 23.2 Å². The molecular formula is C22H21N3O3. The highest BCUT2D eigenvalue weighted by molar-refractivity contribution is 6.05. The highest BCUT2D eigenvalue weighted by Crippen LogP contribution is 2.17. The predicted molar refractivity (Wildman–Crippen MR) is 109 cm³/mol. The van der Waals surface area contributed by atoms with Crippen LogP contribution >= 0.6 is 0 Å². The lowest BCUT2D eigenvalue weighted by Crippen LogP contribution is -2.20. The van der Waals surface area contributed by atoms with E-state index in [2.05, 4.69) is 15.6 Å². The summed E-state index contributed by atoms with van der Waals surface area (Å²) in [5.41, 5.74) is 3.88. The normalized spacial score (nSPS) is 10.2. The molecule has 2 aromatic carbocycles. The molecule has 6 heteroatoms. The Labute approximate surface area is 163 Å². The molecule has 0 saturated heterocycles. The number of hydrogen-bond donors (Lipinski definition) is 2. The molecule has 28 heavy (non-hydrogen) atoms. The Kier molecular flexibility index (Phi) is 6.01. The summed E-state index contributed by atoms with van der Waals surface area (Å²) in [7, 11) is 0. The minimum absolute atomic E-state index is 0.115. The first-order chi connectivity index (χ1) is 13.5. The van der Waals surface area contributed by atoms with Gasteiger partial charge in [-0.3, -0.25) is 14.6 Å². The average molecular weight is 375 g/mol. The first-order valence-corrected chi connectivity index (χ1v) is 8.82. The van der Waals surface area contributed by atoms with Crippen molar-refractivity contribution in [2.24, 2.45) is 0 Å². The van der Waals surface area contributed by atoms with Crippen LogP contribution in [0.15, 0.2) is 67.0 Å². The molecular weight excluding hydrogens is 354 g/mol. The molecule has 0 radical (unpaired) electrons. The van der Waals surface area contributed by atoms with Gasteiger partial charge in [-0.25, -0.2) is 0 Å². The molecule has 0 aliphatic rings. The van der Waals surface area contributed by atoms with Crippen molar-refractivity contribution in [2.75, 3.05) is 17.2 Å². The predicted octanol–water partition coefficient (Wildman–Crippen LogP) is 3.97. The molecule has 6 nitrogen and oxygen atoms in total. The van der Waals surface area contributed by atoms with Crippen molar-refractivity contribution in [3.63, 3.8) is 0 Å². The fourth-order valence-corrected chi connectivity index (χ4v) is 2.53. The maximum absolute atomic E-state index is 12.4. The standard InChI is InChI=1S/C22H21N3O3/c1-15-6-7-20(12-16(15)2)28-14-21(26)24-19-5-3-4-17(13-19)22(27)25-18-8-10-23-11-9-18/h3-13H,14H2,1-2H3,(H,24,26)(H,23,25,27). The number of anilines is 2. The maximum atomic E-state index is 12.4. The second kappa shape index (κ2) is 8.81. The van der Waals surface area contributed by atoms with Crippen LogP contribution in [0.2, 0.25) is 0 Å². The molecule has 2 N–H and O–H groups in total. The van der Waals surface area contributed by atoms with Gasteiger partial charge in [-0.2, -0.15) is 0 Å². The number of aryl methyl sites for hydroxylation is 2. The molecule has 0 aliphatic carbocycles. The van der Waals surface area contributed by atoms with E-state index in [1.54, 1.807) is 48.8 Å². The summed E-state index contributed by atoms with van der Waals surface area (Å²) in [5, 5.41) is 5.52. The number of ether oxygens (including phenoxy) is 1. The molecule has 0 spiro atoms. The summed E-state index contributed by atoms with van der Waals surface area (Å²) in [6, 6.07) is 15.8. The number of aromatic nitrogens is 1. The molecule has 0 fully saturated rings. The van der Waals surface area contributed by atoms with Crippen molar-refractivity contribution < 1.29 is 14.3 Å². The van der Waals surface area contributed by atoms with E-state index >= 15 is 0 Å². The maximum Gasteiger partial charge on any atom is 0.262 e. The van der Waals surface area contributed by atoms with Crippen molar-refractivity contribution in [1.82, 2.24) is 4.98 Å². The summed E-state index contributed by atoms with van der Waals surface area (Å²) in [4.78, 5) is 28.4. The molecule has 142 valence electrons. The first-order valence-electron chi connectivity index (χ1n) is 8.82. The van der Waals surface area contributed by atoms with Gasteiger partial charge in [0.2, 0.25) is 0 Å².